The lowest BCUT2D eigenvalue weighted by molar-refractivity contribution is 0.245. The van der Waals surface area contributed by atoms with Gasteiger partial charge in [0.2, 0.25) is 0 Å². The van der Waals surface area contributed by atoms with Crippen molar-refractivity contribution in [3.63, 3.8) is 0 Å². The van der Waals surface area contributed by atoms with Gasteiger partial charge < -0.3 is 10.4 Å². The molecule has 2 aromatic rings. The van der Waals surface area contributed by atoms with E-state index in [0.717, 1.165) is 5.56 Å². The minimum atomic E-state index is -0.720. The zero-order valence-corrected chi connectivity index (χ0v) is 14.0. The molecule has 0 fully saturated rings. The fourth-order valence-electron chi connectivity index (χ4n) is 1.96. The van der Waals surface area contributed by atoms with Crippen LogP contribution in [0.3, 0.4) is 0 Å². The van der Waals surface area contributed by atoms with Crippen LogP contribution in [0.25, 0.3) is 0 Å². The van der Waals surface area contributed by atoms with E-state index in [1.807, 2.05) is 24.4 Å². The van der Waals surface area contributed by atoms with Gasteiger partial charge in [-0.1, -0.05) is 29.7 Å². The molecular formula is C16H16ClN3O2S. The van der Waals surface area contributed by atoms with Crippen LogP contribution in [0.2, 0.25) is 5.02 Å². The fourth-order valence-corrected chi connectivity index (χ4v) is 2.90. The number of benzene rings is 1. The number of carbonyl (C=O) groups is 1. The number of urea groups is 1. The first-order valence-electron chi connectivity index (χ1n) is 6.85. The SMILES string of the molecule is C#C[C@@](C)(c1ccc(Cl)cc1)c1csc(NC(=O)NCCO)n1. The Balaban J connectivity index is 2.21. The predicted molar refractivity (Wildman–Crippen MR) is 93.0 cm³/mol. The van der Waals surface area contributed by atoms with Crippen LogP contribution in [0, 0.1) is 12.3 Å². The molecule has 3 N–H and O–H groups in total. The number of aromatic nitrogens is 1. The van der Waals surface area contributed by atoms with E-state index >= 15 is 0 Å². The molecule has 0 saturated heterocycles. The van der Waals surface area contributed by atoms with Gasteiger partial charge in [-0.3, -0.25) is 5.32 Å². The van der Waals surface area contributed by atoms with Crippen molar-refractivity contribution < 1.29 is 9.90 Å². The Morgan fingerprint density at radius 1 is 1.48 bits per heavy atom. The number of nitrogens with zero attached hydrogens (tertiary/aromatic N) is 1. The van der Waals surface area contributed by atoms with Crippen molar-refractivity contribution in [1.82, 2.24) is 10.3 Å². The van der Waals surface area contributed by atoms with Crippen molar-refractivity contribution >= 4 is 34.1 Å². The van der Waals surface area contributed by atoms with E-state index in [1.165, 1.54) is 11.3 Å². The molecular weight excluding hydrogens is 334 g/mol. The Bertz CT molecular complexity index is 724. The third-order valence-electron chi connectivity index (χ3n) is 3.34. The quantitative estimate of drug-likeness (QED) is 0.727. The Kier molecular flexibility index (Phi) is 5.61. The number of thiazole rings is 1. The lowest BCUT2D eigenvalue weighted by Crippen LogP contribution is -2.31. The van der Waals surface area contributed by atoms with Gasteiger partial charge >= 0.3 is 6.03 Å². The van der Waals surface area contributed by atoms with Gasteiger partial charge in [0.1, 0.15) is 0 Å². The number of hydrogen-bond donors (Lipinski definition) is 3. The van der Waals surface area contributed by atoms with Crippen LogP contribution in [0.1, 0.15) is 18.2 Å². The largest absolute Gasteiger partial charge is 0.395 e. The summed E-state index contributed by atoms with van der Waals surface area (Å²) in [5, 5.41) is 16.7. The molecule has 0 spiro atoms. The highest BCUT2D eigenvalue weighted by Crippen LogP contribution is 2.33. The number of carbonyl (C=O) groups excluding carboxylic acids is 1. The van der Waals surface area contributed by atoms with E-state index in [-0.39, 0.29) is 13.2 Å². The fraction of sp³-hybridized carbons (Fsp3) is 0.250. The molecule has 0 aliphatic heterocycles. The minimum Gasteiger partial charge on any atom is -0.395 e. The second-order valence-electron chi connectivity index (χ2n) is 4.92. The number of halogens is 1. The van der Waals surface area contributed by atoms with Gasteiger partial charge in [0.15, 0.2) is 5.13 Å². The van der Waals surface area contributed by atoms with Crippen molar-refractivity contribution in [3.8, 4) is 12.3 Å². The number of terminal acetylenes is 1. The molecule has 0 unspecified atom stereocenters. The summed E-state index contributed by atoms with van der Waals surface area (Å²) in [6.07, 6.45) is 5.74. The van der Waals surface area contributed by atoms with Crippen LogP contribution in [0.15, 0.2) is 29.6 Å². The van der Waals surface area contributed by atoms with E-state index in [1.54, 1.807) is 12.1 Å². The Hall–Kier alpha value is -2.07. The Morgan fingerprint density at radius 3 is 2.78 bits per heavy atom. The maximum atomic E-state index is 11.6. The first-order chi connectivity index (χ1) is 11.0. The van der Waals surface area contributed by atoms with Gasteiger partial charge in [0.25, 0.3) is 0 Å². The van der Waals surface area contributed by atoms with Gasteiger partial charge in [-0.05, 0) is 24.6 Å². The third kappa shape index (κ3) is 4.02. The van der Waals surface area contributed by atoms with Gasteiger partial charge in [-0.2, -0.15) is 0 Å². The molecule has 1 heterocycles. The van der Waals surface area contributed by atoms with Crippen LogP contribution in [-0.2, 0) is 5.41 Å². The number of nitrogens with one attached hydrogen (secondary N) is 2. The molecule has 0 saturated carbocycles. The first kappa shape index (κ1) is 17.3. The van der Waals surface area contributed by atoms with E-state index in [0.29, 0.717) is 15.8 Å². The number of aliphatic hydroxyl groups excluding tert-OH is 1. The number of rotatable bonds is 5. The molecule has 2 rings (SSSR count). The highest BCUT2D eigenvalue weighted by atomic mass is 35.5. The topological polar surface area (TPSA) is 74.2 Å². The van der Waals surface area contributed by atoms with Crippen molar-refractivity contribution in [2.24, 2.45) is 0 Å². The lowest BCUT2D eigenvalue weighted by atomic mass is 9.81. The van der Waals surface area contributed by atoms with Gasteiger partial charge in [-0.25, -0.2) is 9.78 Å². The molecule has 120 valence electrons. The molecule has 0 aliphatic carbocycles. The van der Waals surface area contributed by atoms with Crippen molar-refractivity contribution in [1.29, 1.82) is 0 Å². The average molecular weight is 350 g/mol. The van der Waals surface area contributed by atoms with E-state index in [9.17, 15) is 4.79 Å². The summed E-state index contributed by atoms with van der Waals surface area (Å²) in [4.78, 5) is 16.0. The summed E-state index contributed by atoms with van der Waals surface area (Å²) < 4.78 is 0. The monoisotopic (exact) mass is 349 g/mol. The van der Waals surface area contributed by atoms with Crippen molar-refractivity contribution in [3.05, 3.63) is 45.9 Å². The number of aliphatic hydroxyl groups is 1. The van der Waals surface area contributed by atoms with Crippen LogP contribution in [-0.4, -0.2) is 29.3 Å². The number of hydrogen-bond acceptors (Lipinski definition) is 4. The summed E-state index contributed by atoms with van der Waals surface area (Å²) in [5.74, 6) is 2.77. The summed E-state index contributed by atoms with van der Waals surface area (Å²) >= 11 is 7.20. The van der Waals surface area contributed by atoms with E-state index in [2.05, 4.69) is 21.5 Å². The molecule has 7 heteroatoms. The Morgan fingerprint density at radius 2 is 2.17 bits per heavy atom. The lowest BCUT2D eigenvalue weighted by Gasteiger charge is -2.22. The molecule has 0 radical (unpaired) electrons. The summed E-state index contributed by atoms with van der Waals surface area (Å²) in [6, 6.07) is 6.86. The molecule has 0 aliphatic rings. The molecule has 1 atom stereocenters. The maximum Gasteiger partial charge on any atom is 0.321 e. The second-order valence-corrected chi connectivity index (χ2v) is 6.21. The van der Waals surface area contributed by atoms with Gasteiger partial charge in [0, 0.05) is 16.9 Å². The molecule has 5 nitrogen and oxygen atoms in total. The molecule has 1 aromatic carbocycles. The first-order valence-corrected chi connectivity index (χ1v) is 8.11. The number of amides is 2. The van der Waals surface area contributed by atoms with Gasteiger partial charge in [0.05, 0.1) is 17.7 Å². The second kappa shape index (κ2) is 7.47. The molecule has 23 heavy (non-hydrogen) atoms. The van der Waals surface area contributed by atoms with Crippen LogP contribution in [0.4, 0.5) is 9.93 Å². The third-order valence-corrected chi connectivity index (χ3v) is 4.35. The summed E-state index contributed by atoms with van der Waals surface area (Å²) in [5.41, 5.74) is 0.846. The van der Waals surface area contributed by atoms with E-state index in [4.69, 9.17) is 23.1 Å². The average Bonchev–Trinajstić information content (AvgIpc) is 3.01. The highest BCUT2D eigenvalue weighted by molar-refractivity contribution is 7.14. The van der Waals surface area contributed by atoms with Crippen LogP contribution in [0.5, 0.6) is 0 Å². The summed E-state index contributed by atoms with van der Waals surface area (Å²) in [6.45, 7) is 1.94. The Labute approximate surface area is 143 Å². The minimum absolute atomic E-state index is 0.123. The van der Waals surface area contributed by atoms with Crippen LogP contribution >= 0.6 is 22.9 Å². The van der Waals surface area contributed by atoms with E-state index < -0.39 is 11.4 Å². The van der Waals surface area contributed by atoms with Crippen LogP contribution < -0.4 is 10.6 Å². The molecule has 2 amide bonds. The zero-order valence-electron chi connectivity index (χ0n) is 12.5. The predicted octanol–water partition coefficient (Wildman–Crippen LogP) is 2.85. The van der Waals surface area contributed by atoms with Crippen molar-refractivity contribution in [2.75, 3.05) is 18.5 Å². The normalized spacial score (nSPS) is 13.0. The molecule has 1 aromatic heterocycles. The number of anilines is 1. The molecule has 0 bridgehead atoms. The smallest absolute Gasteiger partial charge is 0.321 e. The summed E-state index contributed by atoms with van der Waals surface area (Å²) in [7, 11) is 0. The van der Waals surface area contributed by atoms with Gasteiger partial charge in [-0.15, -0.1) is 17.8 Å². The maximum absolute atomic E-state index is 11.6. The van der Waals surface area contributed by atoms with Crippen molar-refractivity contribution in [2.45, 2.75) is 12.3 Å². The standard InChI is InChI=1S/C16H16ClN3O2S/c1-3-16(2,11-4-6-12(17)7-5-11)13-10-23-15(19-13)20-14(22)18-8-9-21/h1,4-7,10,21H,8-9H2,2H3,(H2,18,19,20,22)/t16-/m0/s1. The highest BCUT2D eigenvalue weighted by Gasteiger charge is 2.29. The zero-order chi connectivity index (χ0) is 16.9.